The Morgan fingerprint density at radius 1 is 1.08 bits per heavy atom. The van der Waals surface area contributed by atoms with E-state index in [-0.39, 0.29) is 6.10 Å². The van der Waals surface area contributed by atoms with Gasteiger partial charge in [0, 0.05) is 16.7 Å². The van der Waals surface area contributed by atoms with E-state index >= 15 is 0 Å². The molecule has 1 saturated heterocycles. The van der Waals surface area contributed by atoms with E-state index in [9.17, 15) is 0 Å². The Morgan fingerprint density at radius 2 is 1.85 bits per heavy atom. The van der Waals surface area contributed by atoms with Gasteiger partial charge in [0.1, 0.15) is 17.6 Å². The molecule has 138 valence electrons. The van der Waals surface area contributed by atoms with E-state index in [1.165, 1.54) is 36.4 Å². The second-order valence-electron chi connectivity index (χ2n) is 7.13. The lowest BCUT2D eigenvalue weighted by Gasteiger charge is -2.31. The zero-order chi connectivity index (χ0) is 17.8. The lowest BCUT2D eigenvalue weighted by atomic mass is 10.1. The van der Waals surface area contributed by atoms with Crippen molar-refractivity contribution in [2.24, 2.45) is 0 Å². The SMILES string of the molecule is C[C@H]1Sc2ccccc2OC1c1ccc(OCCCN2CCCC2)cc1. The minimum absolute atomic E-state index is 0.0825. The minimum atomic E-state index is 0.0825. The van der Waals surface area contributed by atoms with Crippen LogP contribution in [0.2, 0.25) is 0 Å². The predicted molar refractivity (Wildman–Crippen MR) is 107 cm³/mol. The third-order valence-electron chi connectivity index (χ3n) is 5.14. The maximum Gasteiger partial charge on any atom is 0.136 e. The second kappa shape index (κ2) is 8.36. The summed E-state index contributed by atoms with van der Waals surface area (Å²) in [6.45, 7) is 6.69. The van der Waals surface area contributed by atoms with E-state index < -0.39 is 0 Å². The summed E-state index contributed by atoms with van der Waals surface area (Å²) in [7, 11) is 0. The van der Waals surface area contributed by atoms with Crippen molar-refractivity contribution in [3.8, 4) is 11.5 Å². The molecule has 2 atom stereocenters. The number of rotatable bonds is 6. The van der Waals surface area contributed by atoms with Crippen LogP contribution in [0.4, 0.5) is 0 Å². The molecule has 4 heteroatoms. The van der Waals surface area contributed by atoms with Crippen LogP contribution in [-0.4, -0.2) is 36.4 Å². The molecule has 2 aromatic rings. The molecule has 2 aliphatic heterocycles. The van der Waals surface area contributed by atoms with E-state index in [0.29, 0.717) is 5.25 Å². The van der Waals surface area contributed by atoms with Gasteiger partial charge in [0.2, 0.25) is 0 Å². The van der Waals surface area contributed by atoms with Crippen LogP contribution in [0.3, 0.4) is 0 Å². The van der Waals surface area contributed by atoms with Gasteiger partial charge >= 0.3 is 0 Å². The zero-order valence-electron chi connectivity index (χ0n) is 15.4. The number of para-hydroxylation sites is 1. The molecule has 0 aliphatic carbocycles. The van der Waals surface area contributed by atoms with Crippen molar-refractivity contribution in [1.29, 1.82) is 0 Å². The van der Waals surface area contributed by atoms with Crippen molar-refractivity contribution >= 4 is 11.8 Å². The monoisotopic (exact) mass is 369 g/mol. The van der Waals surface area contributed by atoms with Gasteiger partial charge in [0.15, 0.2) is 0 Å². The molecule has 26 heavy (non-hydrogen) atoms. The fourth-order valence-corrected chi connectivity index (χ4v) is 4.84. The first-order valence-corrected chi connectivity index (χ1v) is 10.5. The summed E-state index contributed by atoms with van der Waals surface area (Å²) in [6, 6.07) is 16.7. The summed E-state index contributed by atoms with van der Waals surface area (Å²) in [4.78, 5) is 3.76. The predicted octanol–water partition coefficient (Wildman–Crippen LogP) is 5.17. The first kappa shape index (κ1) is 17.7. The van der Waals surface area contributed by atoms with Crippen LogP contribution in [0.25, 0.3) is 0 Å². The molecule has 1 unspecified atom stereocenters. The minimum Gasteiger partial charge on any atom is -0.494 e. The van der Waals surface area contributed by atoms with Gasteiger partial charge in [-0.3, -0.25) is 0 Å². The molecular weight excluding hydrogens is 342 g/mol. The topological polar surface area (TPSA) is 21.7 Å². The van der Waals surface area contributed by atoms with E-state index in [1.807, 2.05) is 17.8 Å². The lowest BCUT2D eigenvalue weighted by molar-refractivity contribution is 0.195. The zero-order valence-corrected chi connectivity index (χ0v) is 16.2. The number of ether oxygens (including phenoxy) is 2. The molecule has 0 bridgehead atoms. The number of benzene rings is 2. The Kier molecular flexibility index (Phi) is 5.71. The first-order chi connectivity index (χ1) is 12.8. The number of fused-ring (bicyclic) bond motifs is 1. The van der Waals surface area contributed by atoms with Gasteiger partial charge in [-0.05, 0) is 69.1 Å². The molecule has 0 radical (unpaired) electrons. The molecule has 0 amide bonds. The maximum atomic E-state index is 6.26. The Balaban J connectivity index is 1.31. The van der Waals surface area contributed by atoms with E-state index in [4.69, 9.17) is 9.47 Å². The number of likely N-dealkylation sites (tertiary alicyclic amines) is 1. The molecule has 0 saturated carbocycles. The third kappa shape index (κ3) is 4.18. The first-order valence-electron chi connectivity index (χ1n) is 9.67. The summed E-state index contributed by atoms with van der Waals surface area (Å²) in [5.41, 5.74) is 1.21. The van der Waals surface area contributed by atoms with Gasteiger partial charge in [-0.25, -0.2) is 0 Å². The molecule has 2 aliphatic rings. The summed E-state index contributed by atoms with van der Waals surface area (Å²) in [5, 5.41) is 0.386. The highest BCUT2D eigenvalue weighted by Gasteiger charge is 2.28. The maximum absolute atomic E-state index is 6.26. The van der Waals surface area contributed by atoms with Crippen molar-refractivity contribution < 1.29 is 9.47 Å². The van der Waals surface area contributed by atoms with Gasteiger partial charge in [0.05, 0.1) is 6.61 Å². The number of thioether (sulfide) groups is 1. The summed E-state index contributed by atoms with van der Waals surface area (Å²) in [6.07, 6.45) is 3.89. The molecule has 2 aromatic carbocycles. The van der Waals surface area contributed by atoms with Crippen molar-refractivity contribution in [2.45, 2.75) is 42.4 Å². The van der Waals surface area contributed by atoms with Gasteiger partial charge < -0.3 is 14.4 Å². The van der Waals surface area contributed by atoms with Crippen LogP contribution >= 0.6 is 11.8 Å². The van der Waals surface area contributed by atoms with E-state index in [0.717, 1.165) is 31.1 Å². The molecule has 3 nitrogen and oxygen atoms in total. The van der Waals surface area contributed by atoms with Crippen LogP contribution in [0.1, 0.15) is 37.9 Å². The molecular formula is C22H27NO2S. The highest BCUT2D eigenvalue weighted by molar-refractivity contribution is 8.00. The number of nitrogens with zero attached hydrogens (tertiary/aromatic N) is 1. The fraction of sp³-hybridized carbons (Fsp3) is 0.455. The van der Waals surface area contributed by atoms with Gasteiger partial charge in [-0.2, -0.15) is 0 Å². The third-order valence-corrected chi connectivity index (χ3v) is 6.35. The lowest BCUT2D eigenvalue weighted by Crippen LogP contribution is -2.22. The van der Waals surface area contributed by atoms with Crippen molar-refractivity contribution in [2.75, 3.05) is 26.2 Å². The highest BCUT2D eigenvalue weighted by atomic mass is 32.2. The van der Waals surface area contributed by atoms with Crippen LogP contribution in [-0.2, 0) is 0 Å². The number of hydrogen-bond acceptors (Lipinski definition) is 4. The Bertz CT molecular complexity index is 712. The smallest absolute Gasteiger partial charge is 0.136 e. The normalized spacial score (nSPS) is 22.7. The van der Waals surface area contributed by atoms with Crippen LogP contribution < -0.4 is 9.47 Å². The standard InChI is InChI=1S/C22H27NO2S/c1-17-22(25-20-7-2-3-8-21(20)26-17)18-9-11-19(12-10-18)24-16-6-15-23-13-4-5-14-23/h2-3,7-12,17,22H,4-6,13-16H2,1H3/t17-,22?/m1/s1. The second-order valence-corrected chi connectivity index (χ2v) is 8.55. The van der Waals surface area contributed by atoms with E-state index in [1.54, 1.807) is 0 Å². The van der Waals surface area contributed by atoms with Crippen molar-refractivity contribution in [3.63, 3.8) is 0 Å². The van der Waals surface area contributed by atoms with Crippen LogP contribution in [0.15, 0.2) is 53.4 Å². The summed E-state index contributed by atoms with van der Waals surface area (Å²) in [5.74, 6) is 1.94. The number of hydrogen-bond donors (Lipinski definition) is 0. The molecule has 4 rings (SSSR count). The summed E-state index contributed by atoms with van der Waals surface area (Å²) < 4.78 is 12.2. The average Bonchev–Trinajstić information content (AvgIpc) is 3.19. The largest absolute Gasteiger partial charge is 0.494 e. The van der Waals surface area contributed by atoms with Gasteiger partial charge in [0.25, 0.3) is 0 Å². The van der Waals surface area contributed by atoms with Crippen molar-refractivity contribution in [1.82, 2.24) is 4.90 Å². The molecule has 1 fully saturated rings. The quantitative estimate of drug-likeness (QED) is 0.655. The molecule has 0 aromatic heterocycles. The molecule has 2 heterocycles. The Hall–Kier alpha value is -1.65. The fourth-order valence-electron chi connectivity index (χ4n) is 3.72. The molecule has 0 N–H and O–H groups in total. The average molecular weight is 370 g/mol. The van der Waals surface area contributed by atoms with Crippen molar-refractivity contribution in [3.05, 3.63) is 54.1 Å². The van der Waals surface area contributed by atoms with Gasteiger partial charge in [-0.1, -0.05) is 24.3 Å². The van der Waals surface area contributed by atoms with Gasteiger partial charge in [-0.15, -0.1) is 11.8 Å². The van der Waals surface area contributed by atoms with E-state index in [2.05, 4.69) is 54.3 Å². The van der Waals surface area contributed by atoms with Crippen LogP contribution in [0, 0.1) is 0 Å². The molecule has 0 spiro atoms. The Labute approximate surface area is 160 Å². The highest BCUT2D eigenvalue weighted by Crippen LogP contribution is 2.44. The van der Waals surface area contributed by atoms with Crippen LogP contribution in [0.5, 0.6) is 11.5 Å². The Morgan fingerprint density at radius 3 is 2.65 bits per heavy atom. The summed E-state index contributed by atoms with van der Waals surface area (Å²) >= 11 is 1.89.